The van der Waals surface area contributed by atoms with Gasteiger partial charge in [-0.1, -0.05) is 36.3 Å². The Hall–Kier alpha value is -2.09. The van der Waals surface area contributed by atoms with Crippen molar-refractivity contribution in [2.24, 2.45) is 22.7 Å². The number of halogens is 3. The molecule has 39 heavy (non-hydrogen) atoms. The van der Waals surface area contributed by atoms with Gasteiger partial charge in [0.1, 0.15) is 12.2 Å². The van der Waals surface area contributed by atoms with Crippen molar-refractivity contribution in [2.75, 3.05) is 0 Å². The summed E-state index contributed by atoms with van der Waals surface area (Å²) in [5.74, 6) is 0.201. The van der Waals surface area contributed by atoms with E-state index in [0.717, 1.165) is 63.5 Å². The minimum Gasteiger partial charge on any atom is -0.462 e. The van der Waals surface area contributed by atoms with Crippen molar-refractivity contribution in [2.45, 2.75) is 122 Å². The molecule has 4 rings (SSSR count). The lowest BCUT2D eigenvalue weighted by molar-refractivity contribution is -0.232. The van der Waals surface area contributed by atoms with Crippen LogP contribution in [0, 0.1) is 22.7 Å². The summed E-state index contributed by atoms with van der Waals surface area (Å²) >= 11 is 0. The van der Waals surface area contributed by atoms with Gasteiger partial charge in [0.15, 0.2) is 5.60 Å². The fourth-order valence-electron chi connectivity index (χ4n) is 7.86. The minimum atomic E-state index is -4.68. The number of hydrogen-bond acceptors (Lipinski definition) is 5. The third-order valence-corrected chi connectivity index (χ3v) is 9.84. The number of aliphatic hydroxyl groups is 1. The van der Waals surface area contributed by atoms with E-state index in [2.05, 4.69) is 19.1 Å². The molecule has 0 aliphatic heterocycles. The van der Waals surface area contributed by atoms with E-state index in [1.54, 1.807) is 6.08 Å². The van der Waals surface area contributed by atoms with Gasteiger partial charge in [0.2, 0.25) is 0 Å². The zero-order valence-electron chi connectivity index (χ0n) is 23.6. The molecule has 4 aliphatic rings. The van der Waals surface area contributed by atoms with Crippen LogP contribution in [0.5, 0.6) is 0 Å². The van der Waals surface area contributed by atoms with Crippen LogP contribution in [-0.4, -0.2) is 41.0 Å². The lowest BCUT2D eigenvalue weighted by Gasteiger charge is -2.45. The molecule has 8 heteroatoms. The Balaban J connectivity index is 1.48. The third kappa shape index (κ3) is 6.63. The molecular weight excluding hydrogens is 509 g/mol. The molecule has 218 valence electrons. The molecule has 4 aliphatic carbocycles. The van der Waals surface area contributed by atoms with Gasteiger partial charge in [-0.05, 0) is 87.0 Å². The second-order valence-electron chi connectivity index (χ2n) is 12.8. The maximum Gasteiger partial charge on any atom is 0.420 e. The van der Waals surface area contributed by atoms with Crippen LogP contribution >= 0.6 is 0 Å². The maximum absolute atomic E-state index is 13.1. The van der Waals surface area contributed by atoms with Crippen LogP contribution in [0.25, 0.3) is 0 Å². The summed E-state index contributed by atoms with van der Waals surface area (Å²) in [6.45, 7) is 5.96. The predicted octanol–water partition coefficient (Wildman–Crippen LogP) is 7.14. The van der Waals surface area contributed by atoms with Crippen molar-refractivity contribution < 1.29 is 37.3 Å². The number of fused-ring (bicyclic) bond motifs is 1. The first-order valence-electron chi connectivity index (χ1n) is 14.3. The van der Waals surface area contributed by atoms with Crippen molar-refractivity contribution in [3.05, 3.63) is 35.5 Å². The van der Waals surface area contributed by atoms with Crippen molar-refractivity contribution in [1.82, 2.24) is 0 Å². The van der Waals surface area contributed by atoms with Gasteiger partial charge in [0.05, 0.1) is 0 Å². The van der Waals surface area contributed by atoms with E-state index < -0.39 is 11.8 Å². The predicted molar refractivity (Wildman–Crippen MR) is 141 cm³/mol. The summed E-state index contributed by atoms with van der Waals surface area (Å²) in [4.78, 5) is 23.1. The number of rotatable bonds is 7. The summed E-state index contributed by atoms with van der Waals surface area (Å²) < 4.78 is 50.2. The highest BCUT2D eigenvalue weighted by Gasteiger charge is 2.60. The van der Waals surface area contributed by atoms with E-state index in [1.165, 1.54) is 19.4 Å². The molecule has 0 aromatic rings. The van der Waals surface area contributed by atoms with Crippen LogP contribution in [-0.2, 0) is 19.1 Å². The van der Waals surface area contributed by atoms with Crippen molar-refractivity contribution in [3.8, 4) is 0 Å². The van der Waals surface area contributed by atoms with Crippen molar-refractivity contribution in [1.29, 1.82) is 0 Å². The van der Waals surface area contributed by atoms with E-state index in [0.29, 0.717) is 37.5 Å². The molecule has 6 atom stereocenters. The first kappa shape index (κ1) is 29.9. The van der Waals surface area contributed by atoms with Gasteiger partial charge in [-0.25, -0.2) is 0 Å². The summed E-state index contributed by atoms with van der Waals surface area (Å²) in [6, 6.07) is 0. The number of carbonyl (C=O) groups excluding carboxylic acids is 2. The SMILES string of the molecule is CC(=O)OC1CC(=C/C=C2\CCC[C@@]3(C)C2CCC3C2(C/C=C/C(C)(O)C(F)(F)F)CC2)C[C@@H](OC(C)=O)C1. The molecule has 0 amide bonds. The van der Waals surface area contributed by atoms with Crippen LogP contribution in [0.1, 0.15) is 98.3 Å². The second-order valence-corrected chi connectivity index (χ2v) is 12.8. The van der Waals surface area contributed by atoms with E-state index in [1.807, 2.05) is 0 Å². The molecule has 0 heterocycles. The van der Waals surface area contributed by atoms with Crippen LogP contribution in [0.2, 0.25) is 0 Å². The fourth-order valence-corrected chi connectivity index (χ4v) is 7.86. The van der Waals surface area contributed by atoms with E-state index in [4.69, 9.17) is 9.47 Å². The lowest BCUT2D eigenvalue weighted by atomic mass is 9.59. The number of allylic oxidation sites excluding steroid dienone is 4. The van der Waals surface area contributed by atoms with Gasteiger partial charge in [0, 0.05) is 33.1 Å². The Bertz CT molecular complexity index is 1010. The molecule has 0 radical (unpaired) electrons. The zero-order valence-corrected chi connectivity index (χ0v) is 23.6. The number of carbonyl (C=O) groups is 2. The van der Waals surface area contributed by atoms with Gasteiger partial charge in [-0.15, -0.1) is 0 Å². The zero-order chi connectivity index (χ0) is 28.6. The van der Waals surface area contributed by atoms with Gasteiger partial charge in [-0.3, -0.25) is 9.59 Å². The van der Waals surface area contributed by atoms with Gasteiger partial charge in [-0.2, -0.15) is 13.2 Å². The largest absolute Gasteiger partial charge is 0.462 e. The topological polar surface area (TPSA) is 72.8 Å². The van der Waals surface area contributed by atoms with Crippen molar-refractivity contribution >= 4 is 11.9 Å². The highest BCUT2D eigenvalue weighted by molar-refractivity contribution is 5.67. The minimum absolute atomic E-state index is 0.0282. The van der Waals surface area contributed by atoms with E-state index in [9.17, 15) is 27.9 Å². The molecular formula is C31H43F3O5. The van der Waals surface area contributed by atoms with Crippen LogP contribution in [0.4, 0.5) is 13.2 Å². The number of ether oxygens (including phenoxy) is 2. The smallest absolute Gasteiger partial charge is 0.420 e. The fraction of sp³-hybridized carbons (Fsp3) is 0.742. The van der Waals surface area contributed by atoms with E-state index in [-0.39, 0.29) is 35.0 Å². The Kier molecular flexibility index (Phi) is 8.47. The molecule has 0 saturated heterocycles. The first-order chi connectivity index (χ1) is 18.2. The molecule has 4 fully saturated rings. The Morgan fingerprint density at radius 3 is 2.18 bits per heavy atom. The molecule has 0 aromatic carbocycles. The molecule has 0 bridgehead atoms. The standard InChI is InChI=1S/C31H43F3O5/c1-20(35)38-24-17-22(18-25(19-24)39-21(2)36)8-9-23-7-5-12-28(3)26(23)10-11-27(28)30(15-16-30)14-6-13-29(4,37)31(32,33)34/h6,8-9,13,24-27,37H,5,7,10-12,14-19H2,1-4H3/b13-6+,22-8?,23-9+/t24-,25?,26?,27?,28+,29?/m1/s1. The van der Waals surface area contributed by atoms with Crippen LogP contribution in [0.15, 0.2) is 35.5 Å². The summed E-state index contributed by atoms with van der Waals surface area (Å²) in [7, 11) is 0. The average molecular weight is 553 g/mol. The monoisotopic (exact) mass is 552 g/mol. The van der Waals surface area contributed by atoms with Gasteiger partial charge >= 0.3 is 18.1 Å². The third-order valence-electron chi connectivity index (χ3n) is 9.84. The number of hydrogen-bond donors (Lipinski definition) is 1. The van der Waals surface area contributed by atoms with Crippen molar-refractivity contribution in [3.63, 3.8) is 0 Å². The number of alkyl halides is 3. The van der Waals surface area contributed by atoms with Crippen LogP contribution < -0.4 is 0 Å². The summed E-state index contributed by atoms with van der Waals surface area (Å²) in [5, 5.41) is 9.82. The molecule has 5 nitrogen and oxygen atoms in total. The quantitative estimate of drug-likeness (QED) is 0.268. The molecule has 4 unspecified atom stereocenters. The highest BCUT2D eigenvalue weighted by Crippen LogP contribution is 2.69. The number of esters is 2. The highest BCUT2D eigenvalue weighted by atomic mass is 19.4. The normalized spacial score (nSPS) is 36.0. The first-order valence-corrected chi connectivity index (χ1v) is 14.3. The summed E-state index contributed by atoms with van der Waals surface area (Å²) in [6.07, 6.45) is 11.3. The lowest BCUT2D eigenvalue weighted by Crippen LogP contribution is -2.40. The Morgan fingerprint density at radius 2 is 1.64 bits per heavy atom. The Labute approximate surface area is 229 Å². The summed E-state index contributed by atoms with van der Waals surface area (Å²) in [5.41, 5.74) is -0.147. The van der Waals surface area contributed by atoms with E-state index >= 15 is 0 Å². The maximum atomic E-state index is 13.1. The second kappa shape index (κ2) is 11.1. The van der Waals surface area contributed by atoms with Gasteiger partial charge in [0.25, 0.3) is 0 Å². The Morgan fingerprint density at radius 1 is 1.03 bits per heavy atom. The molecule has 0 aromatic heterocycles. The van der Waals surface area contributed by atoms with Crippen LogP contribution in [0.3, 0.4) is 0 Å². The molecule has 4 saturated carbocycles. The molecule has 0 spiro atoms. The average Bonchev–Trinajstić information content (AvgIpc) is 3.48. The molecule has 1 N–H and O–H groups in total. The van der Waals surface area contributed by atoms with Gasteiger partial charge < -0.3 is 14.6 Å².